The van der Waals surface area contributed by atoms with Crippen molar-refractivity contribution in [3.63, 3.8) is 0 Å². The zero-order chi connectivity index (χ0) is 15.9. The zero-order valence-corrected chi connectivity index (χ0v) is 14.0. The van der Waals surface area contributed by atoms with Crippen LogP contribution in [0.5, 0.6) is 0 Å². The van der Waals surface area contributed by atoms with Crippen LogP contribution in [-0.4, -0.2) is 29.0 Å². The van der Waals surface area contributed by atoms with Crippen LogP contribution in [0.1, 0.15) is 36.1 Å². The van der Waals surface area contributed by atoms with E-state index in [2.05, 4.69) is 58.5 Å². The number of nitrogens with one attached hydrogen (secondary N) is 1. The van der Waals surface area contributed by atoms with Gasteiger partial charge in [0.05, 0.1) is 5.69 Å². The van der Waals surface area contributed by atoms with Gasteiger partial charge in [0, 0.05) is 25.3 Å². The molecule has 1 fully saturated rings. The van der Waals surface area contributed by atoms with Crippen molar-refractivity contribution in [1.82, 2.24) is 15.2 Å². The Labute approximate surface area is 139 Å². The van der Waals surface area contributed by atoms with E-state index in [-0.39, 0.29) is 0 Å². The van der Waals surface area contributed by atoms with Crippen LogP contribution < -0.4 is 5.32 Å². The summed E-state index contributed by atoms with van der Waals surface area (Å²) in [5, 5.41) is 3.53. The van der Waals surface area contributed by atoms with Gasteiger partial charge in [-0.1, -0.05) is 35.9 Å². The standard InChI is InChI=1S/C20H27N3/c1-17-6-4-7-18(14-17)15-23(16-19-8-2-3-12-22-19)20-9-5-11-21-13-10-20/h2-4,6-8,12,14,20-21H,5,9-11,13,15-16H2,1H3/t20-/m1/s1. The molecule has 0 saturated carbocycles. The summed E-state index contributed by atoms with van der Waals surface area (Å²) in [5.41, 5.74) is 3.90. The number of hydrogen-bond acceptors (Lipinski definition) is 3. The van der Waals surface area contributed by atoms with Crippen molar-refractivity contribution in [3.05, 3.63) is 65.5 Å². The molecule has 1 aliphatic rings. The Morgan fingerprint density at radius 2 is 2.04 bits per heavy atom. The minimum atomic E-state index is 0.632. The third-order valence-electron chi connectivity index (χ3n) is 4.62. The molecule has 3 heteroatoms. The highest BCUT2D eigenvalue weighted by Gasteiger charge is 2.20. The third kappa shape index (κ3) is 4.88. The Morgan fingerprint density at radius 3 is 2.87 bits per heavy atom. The zero-order valence-electron chi connectivity index (χ0n) is 14.0. The van der Waals surface area contributed by atoms with Gasteiger partial charge in [0.15, 0.2) is 0 Å². The maximum absolute atomic E-state index is 4.54. The molecule has 0 aliphatic carbocycles. The van der Waals surface area contributed by atoms with Gasteiger partial charge in [-0.25, -0.2) is 0 Å². The molecule has 2 aromatic rings. The number of aromatic nitrogens is 1. The van der Waals surface area contributed by atoms with Gasteiger partial charge in [-0.15, -0.1) is 0 Å². The van der Waals surface area contributed by atoms with Crippen LogP contribution in [0.25, 0.3) is 0 Å². The first-order chi connectivity index (χ1) is 11.3. The van der Waals surface area contributed by atoms with Crippen molar-refractivity contribution < 1.29 is 0 Å². The fourth-order valence-corrected chi connectivity index (χ4v) is 3.42. The van der Waals surface area contributed by atoms with Crippen molar-refractivity contribution in [2.24, 2.45) is 0 Å². The van der Waals surface area contributed by atoms with E-state index >= 15 is 0 Å². The van der Waals surface area contributed by atoms with E-state index in [1.165, 1.54) is 30.4 Å². The molecule has 122 valence electrons. The van der Waals surface area contributed by atoms with Gasteiger partial charge in [-0.3, -0.25) is 9.88 Å². The molecule has 1 atom stereocenters. The SMILES string of the molecule is Cc1cccc(CN(Cc2ccccn2)[C@@H]2CCCNCC2)c1. The molecule has 1 aromatic heterocycles. The van der Waals surface area contributed by atoms with Gasteiger partial charge in [-0.05, 0) is 57.0 Å². The Balaban J connectivity index is 1.77. The number of benzene rings is 1. The maximum atomic E-state index is 4.54. The van der Waals surface area contributed by atoms with Crippen LogP contribution in [0.2, 0.25) is 0 Å². The van der Waals surface area contributed by atoms with Crippen LogP contribution in [-0.2, 0) is 13.1 Å². The highest BCUT2D eigenvalue weighted by Crippen LogP contribution is 2.19. The molecule has 1 saturated heterocycles. The average Bonchev–Trinajstić information content (AvgIpc) is 2.84. The third-order valence-corrected chi connectivity index (χ3v) is 4.62. The first kappa shape index (κ1) is 16.2. The van der Waals surface area contributed by atoms with Gasteiger partial charge in [0.1, 0.15) is 0 Å². The van der Waals surface area contributed by atoms with Crippen LogP contribution in [0, 0.1) is 6.92 Å². The molecule has 0 unspecified atom stereocenters. The molecule has 3 nitrogen and oxygen atoms in total. The lowest BCUT2D eigenvalue weighted by Gasteiger charge is -2.31. The van der Waals surface area contributed by atoms with Crippen LogP contribution in [0.15, 0.2) is 48.7 Å². The van der Waals surface area contributed by atoms with E-state index in [0.29, 0.717) is 6.04 Å². The van der Waals surface area contributed by atoms with Crippen molar-refractivity contribution in [2.45, 2.75) is 45.3 Å². The van der Waals surface area contributed by atoms with E-state index in [9.17, 15) is 0 Å². The molecule has 3 rings (SSSR count). The second-order valence-corrected chi connectivity index (χ2v) is 6.55. The van der Waals surface area contributed by atoms with Crippen LogP contribution >= 0.6 is 0 Å². The highest BCUT2D eigenvalue weighted by atomic mass is 15.2. The predicted molar refractivity (Wildman–Crippen MR) is 95.2 cm³/mol. The summed E-state index contributed by atoms with van der Waals surface area (Å²) in [6, 6.07) is 15.7. The van der Waals surface area contributed by atoms with Crippen molar-refractivity contribution in [3.8, 4) is 0 Å². The number of aryl methyl sites for hydroxylation is 1. The van der Waals surface area contributed by atoms with E-state index in [0.717, 1.165) is 31.9 Å². The molecule has 1 aliphatic heterocycles. The molecule has 0 spiro atoms. The lowest BCUT2D eigenvalue weighted by molar-refractivity contribution is 0.162. The Bertz CT molecular complexity index is 589. The maximum Gasteiger partial charge on any atom is 0.0544 e. The molecule has 23 heavy (non-hydrogen) atoms. The molecule has 0 radical (unpaired) electrons. The summed E-state index contributed by atoms with van der Waals surface area (Å²) in [7, 11) is 0. The summed E-state index contributed by atoms with van der Waals surface area (Å²) in [4.78, 5) is 7.15. The van der Waals surface area contributed by atoms with Gasteiger partial charge in [0.25, 0.3) is 0 Å². The Morgan fingerprint density at radius 1 is 1.09 bits per heavy atom. The monoisotopic (exact) mass is 309 g/mol. The molecule has 2 heterocycles. The molecule has 1 N–H and O–H groups in total. The smallest absolute Gasteiger partial charge is 0.0544 e. The van der Waals surface area contributed by atoms with Crippen molar-refractivity contribution >= 4 is 0 Å². The van der Waals surface area contributed by atoms with E-state index in [4.69, 9.17) is 0 Å². The first-order valence-electron chi connectivity index (χ1n) is 8.71. The van der Waals surface area contributed by atoms with E-state index < -0.39 is 0 Å². The van der Waals surface area contributed by atoms with Crippen LogP contribution in [0.4, 0.5) is 0 Å². The number of pyridine rings is 1. The van der Waals surface area contributed by atoms with E-state index in [1.807, 2.05) is 12.3 Å². The van der Waals surface area contributed by atoms with Crippen molar-refractivity contribution in [1.29, 1.82) is 0 Å². The number of nitrogens with zero attached hydrogens (tertiary/aromatic N) is 2. The fraction of sp³-hybridized carbons (Fsp3) is 0.450. The lowest BCUT2D eigenvalue weighted by atomic mass is 10.0. The lowest BCUT2D eigenvalue weighted by Crippen LogP contribution is -2.35. The summed E-state index contributed by atoms with van der Waals surface area (Å²) in [6.45, 7) is 6.38. The highest BCUT2D eigenvalue weighted by molar-refractivity contribution is 5.22. The summed E-state index contributed by atoms with van der Waals surface area (Å²) in [5.74, 6) is 0. The quantitative estimate of drug-likeness (QED) is 0.916. The molecule has 0 amide bonds. The minimum Gasteiger partial charge on any atom is -0.317 e. The molecule has 1 aromatic carbocycles. The van der Waals surface area contributed by atoms with Crippen LogP contribution in [0.3, 0.4) is 0 Å². The van der Waals surface area contributed by atoms with E-state index in [1.54, 1.807) is 0 Å². The van der Waals surface area contributed by atoms with Gasteiger partial charge < -0.3 is 5.32 Å². The summed E-state index contributed by atoms with van der Waals surface area (Å²) >= 11 is 0. The predicted octanol–water partition coefficient (Wildman–Crippen LogP) is 3.53. The largest absolute Gasteiger partial charge is 0.317 e. The van der Waals surface area contributed by atoms with Gasteiger partial charge in [0.2, 0.25) is 0 Å². The minimum absolute atomic E-state index is 0.632. The van der Waals surface area contributed by atoms with Gasteiger partial charge >= 0.3 is 0 Å². The van der Waals surface area contributed by atoms with Crippen molar-refractivity contribution in [2.75, 3.05) is 13.1 Å². The first-order valence-corrected chi connectivity index (χ1v) is 8.71. The number of hydrogen-bond donors (Lipinski definition) is 1. The topological polar surface area (TPSA) is 28.2 Å². The second-order valence-electron chi connectivity index (χ2n) is 6.55. The second kappa shape index (κ2) is 8.23. The molecule has 0 bridgehead atoms. The average molecular weight is 309 g/mol. The number of rotatable bonds is 5. The Hall–Kier alpha value is -1.71. The summed E-state index contributed by atoms with van der Waals surface area (Å²) in [6.07, 6.45) is 5.65. The molecular formula is C20H27N3. The Kier molecular flexibility index (Phi) is 5.78. The normalized spacial score (nSPS) is 18.8. The van der Waals surface area contributed by atoms with Gasteiger partial charge in [-0.2, -0.15) is 0 Å². The molecular weight excluding hydrogens is 282 g/mol. The fourth-order valence-electron chi connectivity index (χ4n) is 3.42. The summed E-state index contributed by atoms with van der Waals surface area (Å²) < 4.78 is 0.